The van der Waals surface area contributed by atoms with Crippen LogP contribution in [-0.2, 0) is 11.0 Å². The fourth-order valence-corrected chi connectivity index (χ4v) is 4.17. The van der Waals surface area contributed by atoms with E-state index in [0.717, 1.165) is 49.8 Å². The summed E-state index contributed by atoms with van der Waals surface area (Å²) in [6.45, 7) is 2.97. The number of hydrogen-bond acceptors (Lipinski definition) is 6. The van der Waals surface area contributed by atoms with Gasteiger partial charge < -0.3 is 15.1 Å². The maximum absolute atomic E-state index is 13.1. The number of carbonyl (C=O) groups is 1. The molecule has 1 saturated heterocycles. The Labute approximate surface area is 198 Å². The Balaban J connectivity index is 1.28. The van der Waals surface area contributed by atoms with Crippen LogP contribution in [0.25, 0.3) is 0 Å². The second kappa shape index (κ2) is 10.3. The molecule has 1 aliphatic rings. The highest BCUT2D eigenvalue weighted by molar-refractivity contribution is 7.99. The maximum atomic E-state index is 13.1. The average Bonchev–Trinajstić information content (AvgIpc) is 2.83. The van der Waals surface area contributed by atoms with Crippen LogP contribution in [0.2, 0.25) is 0 Å². The highest BCUT2D eigenvalue weighted by Crippen LogP contribution is 2.30. The number of rotatable bonds is 6. The van der Waals surface area contributed by atoms with Crippen molar-refractivity contribution in [1.82, 2.24) is 9.97 Å². The van der Waals surface area contributed by atoms with Gasteiger partial charge in [-0.05, 0) is 48.5 Å². The summed E-state index contributed by atoms with van der Waals surface area (Å²) in [5.41, 5.74) is 0.493. The molecular weight excluding hydrogens is 470 g/mol. The predicted octanol–water partition coefficient (Wildman–Crippen LogP) is 4.69. The fourth-order valence-electron chi connectivity index (χ4n) is 3.51. The van der Waals surface area contributed by atoms with E-state index >= 15 is 0 Å². The lowest BCUT2D eigenvalue weighted by molar-refractivity contribution is -0.137. The molecule has 1 fully saturated rings. The Morgan fingerprint density at radius 2 is 1.59 bits per heavy atom. The summed E-state index contributed by atoms with van der Waals surface area (Å²) in [6, 6.07) is 12.5. The largest absolute Gasteiger partial charge is 0.416 e. The molecule has 0 unspecified atom stereocenters. The lowest BCUT2D eigenvalue weighted by Gasteiger charge is -2.36. The Bertz CT molecular complexity index is 1120. The molecule has 1 amide bonds. The van der Waals surface area contributed by atoms with Crippen LogP contribution in [0.5, 0.6) is 0 Å². The summed E-state index contributed by atoms with van der Waals surface area (Å²) in [4.78, 5) is 25.0. The van der Waals surface area contributed by atoms with Gasteiger partial charge in [0.1, 0.15) is 23.0 Å². The molecule has 2 heterocycles. The number of aromatic nitrogens is 2. The van der Waals surface area contributed by atoms with E-state index in [4.69, 9.17) is 0 Å². The monoisotopic (exact) mass is 491 g/mol. The molecular formula is C23H21F4N5OS. The molecule has 0 spiro atoms. The molecule has 0 bridgehead atoms. The number of halogens is 4. The first-order valence-corrected chi connectivity index (χ1v) is 11.4. The van der Waals surface area contributed by atoms with Gasteiger partial charge in [-0.1, -0.05) is 11.8 Å². The van der Waals surface area contributed by atoms with E-state index in [0.29, 0.717) is 10.7 Å². The molecule has 6 nitrogen and oxygen atoms in total. The van der Waals surface area contributed by atoms with Crippen molar-refractivity contribution in [2.45, 2.75) is 11.2 Å². The maximum Gasteiger partial charge on any atom is 0.416 e. The van der Waals surface area contributed by atoms with Crippen molar-refractivity contribution >= 4 is 34.9 Å². The molecule has 1 N–H and O–H groups in total. The van der Waals surface area contributed by atoms with Crippen molar-refractivity contribution in [2.75, 3.05) is 47.0 Å². The predicted molar refractivity (Wildman–Crippen MR) is 124 cm³/mol. The van der Waals surface area contributed by atoms with Crippen LogP contribution in [0, 0.1) is 5.82 Å². The van der Waals surface area contributed by atoms with Crippen molar-refractivity contribution < 1.29 is 22.4 Å². The molecule has 0 radical (unpaired) electrons. The Morgan fingerprint density at radius 1 is 0.941 bits per heavy atom. The van der Waals surface area contributed by atoms with Gasteiger partial charge in [0.2, 0.25) is 5.91 Å². The summed E-state index contributed by atoms with van der Waals surface area (Å²) >= 11 is 1.22. The lowest BCUT2D eigenvalue weighted by Crippen LogP contribution is -2.46. The van der Waals surface area contributed by atoms with Crippen LogP contribution in [-0.4, -0.2) is 47.8 Å². The quantitative estimate of drug-likeness (QED) is 0.307. The molecule has 11 heteroatoms. The van der Waals surface area contributed by atoms with E-state index in [-0.39, 0.29) is 17.5 Å². The standard InChI is InChI=1S/C23H21F4N5OS/c24-17-3-7-19(8-4-17)31-9-11-32(12-10-31)20-13-22(29-15-28-20)34-14-21(33)30-18-5-1-16(2-6-18)23(25,26)27/h1-8,13,15H,9-12,14H2,(H,30,33). The zero-order valence-electron chi connectivity index (χ0n) is 17.9. The summed E-state index contributed by atoms with van der Waals surface area (Å²) in [5, 5.41) is 3.20. The highest BCUT2D eigenvalue weighted by Gasteiger charge is 2.30. The third-order valence-corrected chi connectivity index (χ3v) is 6.20. The van der Waals surface area contributed by atoms with E-state index in [1.165, 1.54) is 42.4 Å². The van der Waals surface area contributed by atoms with Gasteiger partial charge in [-0.25, -0.2) is 14.4 Å². The molecule has 3 aromatic rings. The molecule has 4 rings (SSSR count). The van der Waals surface area contributed by atoms with E-state index in [1.54, 1.807) is 12.1 Å². The van der Waals surface area contributed by atoms with Crippen molar-refractivity contribution in [3.05, 3.63) is 72.3 Å². The second-order valence-electron chi connectivity index (χ2n) is 7.58. The van der Waals surface area contributed by atoms with Crippen molar-refractivity contribution in [2.24, 2.45) is 0 Å². The first-order valence-electron chi connectivity index (χ1n) is 10.5. The van der Waals surface area contributed by atoms with Crippen LogP contribution in [0.4, 0.5) is 34.8 Å². The van der Waals surface area contributed by atoms with Crippen molar-refractivity contribution in [3.8, 4) is 0 Å². The molecule has 2 aromatic carbocycles. The Hall–Kier alpha value is -3.34. The summed E-state index contributed by atoms with van der Waals surface area (Å²) in [7, 11) is 0. The minimum Gasteiger partial charge on any atom is -0.368 e. The van der Waals surface area contributed by atoms with Gasteiger partial charge in [-0.15, -0.1) is 0 Å². The third-order valence-electron chi connectivity index (χ3n) is 5.27. The number of anilines is 3. The number of nitrogens with zero attached hydrogens (tertiary/aromatic N) is 4. The SMILES string of the molecule is O=C(CSc1cc(N2CCN(c3ccc(F)cc3)CC2)ncn1)Nc1ccc(C(F)(F)F)cc1. The van der Waals surface area contributed by atoms with Gasteiger partial charge in [-0.2, -0.15) is 13.2 Å². The molecule has 34 heavy (non-hydrogen) atoms. The zero-order chi connectivity index (χ0) is 24.1. The number of benzene rings is 2. The van der Waals surface area contributed by atoms with Gasteiger partial charge in [0.15, 0.2) is 0 Å². The number of amides is 1. The van der Waals surface area contributed by atoms with Gasteiger partial charge in [0.05, 0.1) is 11.3 Å². The highest BCUT2D eigenvalue weighted by atomic mass is 32.2. The molecule has 1 aromatic heterocycles. The summed E-state index contributed by atoms with van der Waals surface area (Å²) in [6.07, 6.45) is -2.98. The van der Waals surface area contributed by atoms with E-state index < -0.39 is 11.7 Å². The number of alkyl halides is 3. The number of carbonyl (C=O) groups excluding carboxylic acids is 1. The van der Waals surface area contributed by atoms with Gasteiger partial charge in [0.25, 0.3) is 0 Å². The summed E-state index contributed by atoms with van der Waals surface area (Å²) < 4.78 is 51.1. The molecule has 0 aliphatic carbocycles. The fraction of sp³-hybridized carbons (Fsp3) is 0.261. The molecule has 178 valence electrons. The number of hydrogen-bond donors (Lipinski definition) is 1. The Kier molecular flexibility index (Phi) is 7.20. The minimum atomic E-state index is -4.42. The van der Waals surface area contributed by atoms with Crippen molar-refractivity contribution in [3.63, 3.8) is 0 Å². The number of nitrogens with one attached hydrogen (secondary N) is 1. The van der Waals surface area contributed by atoms with Gasteiger partial charge >= 0.3 is 6.18 Å². The minimum absolute atomic E-state index is 0.0514. The van der Waals surface area contributed by atoms with Gasteiger partial charge in [-0.3, -0.25) is 4.79 Å². The topological polar surface area (TPSA) is 61.4 Å². The third kappa shape index (κ3) is 6.16. The van der Waals surface area contributed by atoms with Crippen LogP contribution in [0.3, 0.4) is 0 Å². The first-order chi connectivity index (χ1) is 16.3. The molecule has 1 aliphatic heterocycles. The molecule has 0 atom stereocenters. The zero-order valence-corrected chi connectivity index (χ0v) is 18.7. The molecule has 0 saturated carbocycles. The van der Waals surface area contributed by atoms with Crippen molar-refractivity contribution in [1.29, 1.82) is 0 Å². The normalized spacial score (nSPS) is 14.2. The van der Waals surface area contributed by atoms with Crippen LogP contribution < -0.4 is 15.1 Å². The lowest BCUT2D eigenvalue weighted by atomic mass is 10.2. The Morgan fingerprint density at radius 3 is 2.24 bits per heavy atom. The number of thioether (sulfide) groups is 1. The summed E-state index contributed by atoms with van der Waals surface area (Å²) in [5.74, 6) is 0.189. The van der Waals surface area contributed by atoms with Crippen LogP contribution in [0.1, 0.15) is 5.56 Å². The van der Waals surface area contributed by atoms with E-state index in [1.807, 2.05) is 6.07 Å². The van der Waals surface area contributed by atoms with Crippen LogP contribution in [0.15, 0.2) is 66.0 Å². The average molecular weight is 492 g/mol. The number of piperazine rings is 1. The smallest absolute Gasteiger partial charge is 0.368 e. The van der Waals surface area contributed by atoms with E-state index in [2.05, 4.69) is 25.1 Å². The second-order valence-corrected chi connectivity index (χ2v) is 8.57. The van der Waals surface area contributed by atoms with E-state index in [9.17, 15) is 22.4 Å². The van der Waals surface area contributed by atoms with Gasteiger partial charge in [0, 0.05) is 43.6 Å². The first kappa shape index (κ1) is 23.8. The van der Waals surface area contributed by atoms with Crippen LogP contribution >= 0.6 is 11.8 Å².